The Bertz CT molecular complexity index is 931. The van der Waals surface area contributed by atoms with Gasteiger partial charge in [-0.15, -0.1) is 0 Å². The lowest BCUT2D eigenvalue weighted by Gasteiger charge is -2.15. The van der Waals surface area contributed by atoms with Crippen LogP contribution in [0.4, 0.5) is 0 Å². The molecule has 0 bridgehead atoms. The number of hydrogen-bond acceptors (Lipinski definition) is 3. The molecule has 0 saturated carbocycles. The smallest absolute Gasteiger partial charge is 0.251 e. The van der Waals surface area contributed by atoms with Crippen LogP contribution >= 0.6 is 0 Å². The van der Waals surface area contributed by atoms with Crippen LogP contribution in [-0.4, -0.2) is 19.1 Å². The number of amides is 1. The average Bonchev–Trinajstić information content (AvgIpc) is 2.71. The minimum atomic E-state index is -0.0848. The summed E-state index contributed by atoms with van der Waals surface area (Å²) in [5.41, 5.74) is 1.44. The quantitative estimate of drug-likeness (QED) is 0.646. The molecule has 0 aliphatic heterocycles. The van der Waals surface area contributed by atoms with Gasteiger partial charge < -0.3 is 14.8 Å². The fourth-order valence-corrected chi connectivity index (χ4v) is 2.92. The number of nitrogens with one attached hydrogen (secondary N) is 1. The molecule has 0 aliphatic rings. The molecule has 0 aliphatic carbocycles. The molecule has 0 unspecified atom stereocenters. The summed E-state index contributed by atoms with van der Waals surface area (Å²) in [6.07, 6.45) is 0.888. The van der Waals surface area contributed by atoms with E-state index in [1.165, 1.54) is 0 Å². The van der Waals surface area contributed by atoms with Crippen LogP contribution in [-0.2, 0) is 6.61 Å². The number of carbonyl (C=O) groups excluding carboxylic acids is 1. The van der Waals surface area contributed by atoms with Gasteiger partial charge in [0.05, 0.1) is 7.11 Å². The second-order valence-electron chi connectivity index (χ2n) is 6.58. The maximum absolute atomic E-state index is 12.4. The highest BCUT2D eigenvalue weighted by Gasteiger charge is 2.13. The van der Waals surface area contributed by atoms with E-state index in [-0.39, 0.29) is 11.9 Å². The van der Waals surface area contributed by atoms with Crippen molar-refractivity contribution < 1.29 is 14.3 Å². The van der Waals surface area contributed by atoms with Crippen LogP contribution < -0.4 is 14.8 Å². The highest BCUT2D eigenvalue weighted by molar-refractivity contribution is 5.94. The van der Waals surface area contributed by atoms with E-state index in [1.54, 1.807) is 13.2 Å². The number of fused-ring (bicyclic) bond motifs is 1. The maximum Gasteiger partial charge on any atom is 0.251 e. The molecule has 4 nitrogen and oxygen atoms in total. The second kappa shape index (κ2) is 8.58. The molecule has 0 radical (unpaired) electrons. The molecule has 0 saturated heterocycles. The molecule has 3 aromatic rings. The summed E-state index contributed by atoms with van der Waals surface area (Å²) < 4.78 is 11.5. The Labute approximate surface area is 160 Å². The van der Waals surface area contributed by atoms with Crippen molar-refractivity contribution >= 4 is 16.7 Å². The number of carbonyl (C=O) groups is 1. The Morgan fingerprint density at radius 1 is 1.04 bits per heavy atom. The molecule has 1 atom stereocenters. The van der Waals surface area contributed by atoms with Gasteiger partial charge in [0, 0.05) is 22.6 Å². The van der Waals surface area contributed by atoms with E-state index in [0.29, 0.717) is 17.9 Å². The molecule has 3 aromatic carbocycles. The number of methoxy groups -OCH3 is 1. The Hall–Kier alpha value is -3.01. The van der Waals surface area contributed by atoms with Crippen LogP contribution in [0.1, 0.15) is 36.2 Å². The summed E-state index contributed by atoms with van der Waals surface area (Å²) in [5, 5.41) is 5.18. The zero-order valence-corrected chi connectivity index (χ0v) is 16.0. The fourth-order valence-electron chi connectivity index (χ4n) is 2.92. The molecular weight excluding hydrogens is 338 g/mol. The standard InChI is InChI=1S/C23H25NO3/c1-4-16(2)24-23(25)18-12-13-21(26-3)19(14-18)15-27-22-11-7-9-17-8-5-6-10-20(17)22/h5-14,16H,4,15H2,1-3H3,(H,24,25)/t16-/m0/s1. The molecule has 140 valence electrons. The number of benzene rings is 3. The van der Waals surface area contributed by atoms with Crippen molar-refractivity contribution in [2.75, 3.05) is 7.11 Å². The van der Waals surface area contributed by atoms with Crippen LogP contribution in [0.3, 0.4) is 0 Å². The summed E-state index contributed by atoms with van der Waals surface area (Å²) >= 11 is 0. The van der Waals surface area contributed by atoms with E-state index in [1.807, 2.05) is 56.3 Å². The maximum atomic E-state index is 12.4. The third-order valence-corrected chi connectivity index (χ3v) is 4.67. The third kappa shape index (κ3) is 4.40. The second-order valence-corrected chi connectivity index (χ2v) is 6.58. The lowest BCUT2D eigenvalue weighted by Crippen LogP contribution is -2.31. The first-order valence-electron chi connectivity index (χ1n) is 9.20. The SMILES string of the molecule is CC[C@H](C)NC(=O)c1ccc(OC)c(COc2cccc3ccccc23)c1. The molecule has 0 fully saturated rings. The first-order valence-corrected chi connectivity index (χ1v) is 9.20. The van der Waals surface area contributed by atoms with Crippen molar-refractivity contribution in [3.05, 3.63) is 71.8 Å². The molecule has 0 heterocycles. The van der Waals surface area contributed by atoms with Crippen molar-refractivity contribution in [1.29, 1.82) is 0 Å². The minimum absolute atomic E-state index is 0.0848. The predicted molar refractivity (Wildman–Crippen MR) is 108 cm³/mol. The Morgan fingerprint density at radius 3 is 2.59 bits per heavy atom. The zero-order valence-electron chi connectivity index (χ0n) is 16.0. The van der Waals surface area contributed by atoms with E-state index in [2.05, 4.69) is 17.4 Å². The van der Waals surface area contributed by atoms with Crippen LogP contribution in [0.25, 0.3) is 10.8 Å². The summed E-state index contributed by atoms with van der Waals surface area (Å²) in [6, 6.07) is 19.6. The number of rotatable bonds is 7. The topological polar surface area (TPSA) is 47.6 Å². The zero-order chi connectivity index (χ0) is 19.2. The molecule has 27 heavy (non-hydrogen) atoms. The first kappa shape index (κ1) is 18.8. The molecule has 0 spiro atoms. The predicted octanol–water partition coefficient (Wildman–Crippen LogP) is 4.96. The van der Waals surface area contributed by atoms with Gasteiger partial charge in [0.15, 0.2) is 0 Å². The van der Waals surface area contributed by atoms with Gasteiger partial charge in [-0.1, -0.05) is 43.3 Å². The Morgan fingerprint density at radius 2 is 1.81 bits per heavy atom. The van der Waals surface area contributed by atoms with Crippen LogP contribution in [0.15, 0.2) is 60.7 Å². The number of hydrogen-bond donors (Lipinski definition) is 1. The monoisotopic (exact) mass is 363 g/mol. The number of ether oxygens (including phenoxy) is 2. The lowest BCUT2D eigenvalue weighted by molar-refractivity contribution is 0.0939. The molecule has 1 N–H and O–H groups in total. The van der Waals surface area contributed by atoms with Gasteiger partial charge in [-0.05, 0) is 43.0 Å². The van der Waals surface area contributed by atoms with E-state index in [9.17, 15) is 4.79 Å². The Balaban J connectivity index is 1.82. The fraction of sp³-hybridized carbons (Fsp3) is 0.261. The van der Waals surface area contributed by atoms with Gasteiger partial charge in [0.25, 0.3) is 5.91 Å². The van der Waals surface area contributed by atoms with E-state index >= 15 is 0 Å². The summed E-state index contributed by atoms with van der Waals surface area (Å²) in [4.78, 5) is 12.4. The van der Waals surface area contributed by atoms with Gasteiger partial charge in [0.2, 0.25) is 0 Å². The van der Waals surface area contributed by atoms with Crippen molar-refractivity contribution in [3.63, 3.8) is 0 Å². The van der Waals surface area contributed by atoms with Crippen molar-refractivity contribution in [1.82, 2.24) is 5.32 Å². The third-order valence-electron chi connectivity index (χ3n) is 4.67. The van der Waals surface area contributed by atoms with Crippen LogP contribution in [0.5, 0.6) is 11.5 Å². The van der Waals surface area contributed by atoms with Gasteiger partial charge in [-0.25, -0.2) is 0 Å². The highest BCUT2D eigenvalue weighted by Crippen LogP contribution is 2.28. The van der Waals surface area contributed by atoms with Gasteiger partial charge in [-0.3, -0.25) is 4.79 Å². The van der Waals surface area contributed by atoms with Crippen LogP contribution in [0.2, 0.25) is 0 Å². The highest BCUT2D eigenvalue weighted by atomic mass is 16.5. The molecular formula is C23H25NO3. The van der Waals surface area contributed by atoms with Crippen LogP contribution in [0, 0.1) is 0 Å². The van der Waals surface area contributed by atoms with E-state index < -0.39 is 0 Å². The molecule has 4 heteroatoms. The van der Waals surface area contributed by atoms with Gasteiger partial charge >= 0.3 is 0 Å². The summed E-state index contributed by atoms with van der Waals surface area (Å²) in [6.45, 7) is 4.36. The van der Waals surface area contributed by atoms with Gasteiger partial charge in [0.1, 0.15) is 18.1 Å². The van der Waals surface area contributed by atoms with Gasteiger partial charge in [-0.2, -0.15) is 0 Å². The van der Waals surface area contributed by atoms with Crippen molar-refractivity contribution in [2.24, 2.45) is 0 Å². The first-order chi connectivity index (χ1) is 13.1. The minimum Gasteiger partial charge on any atom is -0.496 e. The van der Waals surface area contributed by atoms with Crippen molar-refractivity contribution in [2.45, 2.75) is 32.9 Å². The largest absolute Gasteiger partial charge is 0.496 e. The Kier molecular flexibility index (Phi) is 5.97. The summed E-state index contributed by atoms with van der Waals surface area (Å²) in [7, 11) is 1.62. The molecule has 0 aromatic heterocycles. The van der Waals surface area contributed by atoms with Crippen molar-refractivity contribution in [3.8, 4) is 11.5 Å². The average molecular weight is 363 g/mol. The molecule has 3 rings (SSSR count). The lowest BCUT2D eigenvalue weighted by atomic mass is 10.1. The normalized spacial score (nSPS) is 11.8. The van der Waals surface area contributed by atoms with E-state index in [4.69, 9.17) is 9.47 Å². The summed E-state index contributed by atoms with van der Waals surface area (Å²) in [5.74, 6) is 1.43. The molecule has 1 amide bonds. The van der Waals surface area contributed by atoms with E-state index in [0.717, 1.165) is 28.5 Å².